The van der Waals surface area contributed by atoms with E-state index in [1.807, 2.05) is 30.5 Å². The first-order chi connectivity index (χ1) is 30.2. The summed E-state index contributed by atoms with van der Waals surface area (Å²) < 4.78 is 2.14. The van der Waals surface area contributed by atoms with Gasteiger partial charge in [-0.1, -0.05) is 146 Å². The van der Waals surface area contributed by atoms with E-state index in [2.05, 4.69) is 180 Å². The molecule has 284 valence electrons. The van der Waals surface area contributed by atoms with E-state index < -0.39 is 0 Å². The second kappa shape index (κ2) is 13.2. The summed E-state index contributed by atoms with van der Waals surface area (Å²) in [6.07, 6.45) is 24.7. The van der Waals surface area contributed by atoms with Gasteiger partial charge in [-0.2, -0.15) is 0 Å². The third-order valence-electron chi connectivity index (χ3n) is 12.9. The fraction of sp³-hybridized carbons (Fsp3) is 0.0357. The fourth-order valence-corrected chi connectivity index (χ4v) is 9.99. The molecule has 5 heteroatoms. The molecular weight excluding hydrogens is 743 g/mol. The third-order valence-corrected chi connectivity index (χ3v) is 12.9. The van der Waals surface area contributed by atoms with Gasteiger partial charge in [0.25, 0.3) is 0 Å². The minimum absolute atomic E-state index is 0.234. The lowest BCUT2D eigenvalue weighted by atomic mass is 9.61. The Bertz CT molecular complexity index is 3560. The summed E-state index contributed by atoms with van der Waals surface area (Å²) in [5, 5.41) is 4.42. The number of hydrogen-bond acceptors (Lipinski definition) is 4. The number of para-hydroxylation sites is 1. The number of fused-ring (bicyclic) bond motifs is 6. The number of rotatable bonds is 5. The zero-order valence-electron chi connectivity index (χ0n) is 32.9. The van der Waals surface area contributed by atoms with Crippen molar-refractivity contribution in [2.45, 2.75) is 0 Å². The SMILES string of the molecule is C1=CC2=C(c3ccc(-c4nc5ccccc5c5c4ccn4cc(-c6ccccc6)nc54)cc3)C=CC3=CC=C4C(c5ccc6ccc(-c7ccccn7)nc6c5)=CC=C1C4C32. The van der Waals surface area contributed by atoms with Crippen molar-refractivity contribution in [1.82, 2.24) is 24.3 Å². The molecule has 13 rings (SSSR count). The molecule has 61 heavy (non-hydrogen) atoms. The molecule has 4 aliphatic rings. The molecule has 4 aromatic carbocycles. The molecule has 0 saturated carbocycles. The quantitative estimate of drug-likeness (QED) is 0.163. The number of nitrogens with zero attached hydrogens (tertiary/aromatic N) is 5. The van der Waals surface area contributed by atoms with Crippen LogP contribution in [0.5, 0.6) is 0 Å². The van der Waals surface area contributed by atoms with Crippen LogP contribution in [0.4, 0.5) is 0 Å². The second-order valence-electron chi connectivity index (χ2n) is 16.2. The van der Waals surface area contributed by atoms with Gasteiger partial charge in [-0.15, -0.1) is 0 Å². The standard InChI is InChI=1S/C56H35N5/c1-2-8-35(9-3-1)51-33-61-31-29-46-54(56(61)60-51)45-10-4-5-11-47(45)59-55(46)39-16-13-34(14-17-39)41-24-19-37-22-27-44-42(25-20-38-21-26-43(41)52(37)53(38)44)40-18-15-36-23-28-49(58-50(36)32-40)48-12-6-7-30-57-48/h1-33,52-53H. The molecule has 5 aromatic heterocycles. The molecule has 0 bridgehead atoms. The lowest BCUT2D eigenvalue weighted by Crippen LogP contribution is -2.30. The summed E-state index contributed by atoms with van der Waals surface area (Å²) in [5.41, 5.74) is 19.0. The Kier molecular flexibility index (Phi) is 7.36. The van der Waals surface area contributed by atoms with Crippen molar-refractivity contribution in [3.8, 4) is 33.9 Å². The zero-order valence-corrected chi connectivity index (χ0v) is 32.9. The normalized spacial score (nSPS) is 17.7. The van der Waals surface area contributed by atoms with Crippen LogP contribution >= 0.6 is 0 Å². The highest BCUT2D eigenvalue weighted by atomic mass is 15.0. The van der Waals surface area contributed by atoms with Crippen LogP contribution in [0, 0.1) is 11.8 Å². The van der Waals surface area contributed by atoms with Gasteiger partial charge in [0.15, 0.2) is 0 Å². The predicted molar refractivity (Wildman–Crippen MR) is 248 cm³/mol. The van der Waals surface area contributed by atoms with E-state index in [1.165, 1.54) is 44.6 Å². The highest BCUT2D eigenvalue weighted by Crippen LogP contribution is 2.54. The summed E-state index contributed by atoms with van der Waals surface area (Å²) in [5.74, 6) is 0.468. The molecule has 2 atom stereocenters. The maximum Gasteiger partial charge on any atom is 0.146 e. The molecule has 4 aliphatic carbocycles. The van der Waals surface area contributed by atoms with Crippen molar-refractivity contribution in [3.05, 3.63) is 234 Å². The fourth-order valence-electron chi connectivity index (χ4n) is 9.99. The summed E-state index contributed by atoms with van der Waals surface area (Å²) in [6.45, 7) is 0. The van der Waals surface area contributed by atoms with Gasteiger partial charge in [0, 0.05) is 63.1 Å². The summed E-state index contributed by atoms with van der Waals surface area (Å²) in [4.78, 5) is 20.1. The highest BCUT2D eigenvalue weighted by Gasteiger charge is 2.40. The van der Waals surface area contributed by atoms with E-state index in [0.717, 1.165) is 72.1 Å². The lowest BCUT2D eigenvalue weighted by Gasteiger charge is -2.42. The third kappa shape index (κ3) is 5.34. The van der Waals surface area contributed by atoms with E-state index in [4.69, 9.17) is 15.0 Å². The van der Waals surface area contributed by atoms with Crippen LogP contribution in [0.15, 0.2) is 223 Å². The molecule has 0 aliphatic heterocycles. The monoisotopic (exact) mass is 777 g/mol. The summed E-state index contributed by atoms with van der Waals surface area (Å²) >= 11 is 0. The van der Waals surface area contributed by atoms with Crippen LogP contribution in [0.2, 0.25) is 0 Å². The largest absolute Gasteiger partial charge is 0.306 e. The number of hydrogen-bond donors (Lipinski definition) is 0. The van der Waals surface area contributed by atoms with Crippen LogP contribution < -0.4 is 0 Å². The first-order valence-corrected chi connectivity index (χ1v) is 20.9. The van der Waals surface area contributed by atoms with E-state index in [9.17, 15) is 0 Å². The maximum atomic E-state index is 5.28. The van der Waals surface area contributed by atoms with Gasteiger partial charge < -0.3 is 4.40 Å². The Hall–Kier alpha value is -8.02. The molecule has 5 nitrogen and oxygen atoms in total. The molecule has 0 fully saturated rings. The van der Waals surface area contributed by atoms with E-state index in [1.54, 1.807) is 0 Å². The number of allylic oxidation sites excluding steroid dienone is 14. The lowest BCUT2D eigenvalue weighted by molar-refractivity contribution is 0.569. The topological polar surface area (TPSA) is 56.0 Å². The molecule has 9 aromatic rings. The molecule has 2 unspecified atom stereocenters. The van der Waals surface area contributed by atoms with Crippen molar-refractivity contribution >= 4 is 49.4 Å². The van der Waals surface area contributed by atoms with Crippen LogP contribution in [0.1, 0.15) is 11.1 Å². The van der Waals surface area contributed by atoms with Gasteiger partial charge in [-0.05, 0) is 81.0 Å². The average molecular weight is 778 g/mol. The number of pyridine rings is 4. The molecule has 0 radical (unpaired) electrons. The van der Waals surface area contributed by atoms with Gasteiger partial charge >= 0.3 is 0 Å². The maximum absolute atomic E-state index is 5.28. The Balaban J connectivity index is 0.866. The van der Waals surface area contributed by atoms with E-state index in [0.29, 0.717) is 0 Å². The van der Waals surface area contributed by atoms with E-state index >= 15 is 0 Å². The molecule has 5 heterocycles. The number of aromatic nitrogens is 5. The summed E-state index contributed by atoms with van der Waals surface area (Å²) in [6, 6.07) is 46.8. The van der Waals surface area contributed by atoms with Gasteiger partial charge in [0.05, 0.1) is 33.8 Å². The van der Waals surface area contributed by atoms with Crippen molar-refractivity contribution in [3.63, 3.8) is 0 Å². The van der Waals surface area contributed by atoms with E-state index in [-0.39, 0.29) is 11.8 Å². The van der Waals surface area contributed by atoms with Crippen molar-refractivity contribution in [1.29, 1.82) is 0 Å². The Morgan fingerprint density at radius 2 is 1.28 bits per heavy atom. The predicted octanol–water partition coefficient (Wildman–Crippen LogP) is 13.0. The smallest absolute Gasteiger partial charge is 0.146 e. The number of benzene rings is 4. The Morgan fingerprint density at radius 3 is 2.18 bits per heavy atom. The van der Waals surface area contributed by atoms with Crippen LogP contribution in [0.3, 0.4) is 0 Å². The second-order valence-corrected chi connectivity index (χ2v) is 16.2. The van der Waals surface area contributed by atoms with Crippen molar-refractivity contribution in [2.24, 2.45) is 11.8 Å². The Labute approximate surface area is 352 Å². The minimum atomic E-state index is 0.234. The number of imidazole rings is 1. The van der Waals surface area contributed by atoms with Crippen LogP contribution in [-0.2, 0) is 0 Å². The van der Waals surface area contributed by atoms with Crippen molar-refractivity contribution in [2.75, 3.05) is 0 Å². The van der Waals surface area contributed by atoms with Gasteiger partial charge in [0.1, 0.15) is 5.65 Å². The van der Waals surface area contributed by atoms with Gasteiger partial charge in [-0.3, -0.25) is 4.98 Å². The first-order valence-electron chi connectivity index (χ1n) is 20.9. The van der Waals surface area contributed by atoms with Crippen LogP contribution in [-0.4, -0.2) is 24.3 Å². The highest BCUT2D eigenvalue weighted by molar-refractivity contribution is 6.16. The van der Waals surface area contributed by atoms with Gasteiger partial charge in [-0.25, -0.2) is 15.0 Å². The zero-order chi connectivity index (χ0) is 40.0. The molecule has 0 saturated heterocycles. The van der Waals surface area contributed by atoms with Crippen molar-refractivity contribution < 1.29 is 0 Å². The molecule has 0 N–H and O–H groups in total. The summed E-state index contributed by atoms with van der Waals surface area (Å²) in [7, 11) is 0. The average Bonchev–Trinajstić information content (AvgIpc) is 3.78. The van der Waals surface area contributed by atoms with Crippen LogP contribution in [0.25, 0.3) is 83.3 Å². The van der Waals surface area contributed by atoms with Gasteiger partial charge in [0.2, 0.25) is 0 Å². The molecule has 0 spiro atoms. The molecule has 0 amide bonds. The Morgan fingerprint density at radius 1 is 0.492 bits per heavy atom. The molecular formula is C56H35N5. The minimum Gasteiger partial charge on any atom is -0.306 e. The first kappa shape index (κ1) is 33.9.